The molecule has 0 aliphatic heterocycles. The molecule has 0 saturated heterocycles. The maximum absolute atomic E-state index is 11.9. The maximum Gasteiger partial charge on any atom is 0.268 e. The molecule has 32 heavy (non-hydrogen) atoms. The van der Waals surface area contributed by atoms with Crippen LogP contribution in [0.4, 0.5) is 0 Å². The Hall–Kier alpha value is 0.0700. The highest BCUT2D eigenvalue weighted by Crippen LogP contribution is 2.38. The fourth-order valence-electron chi connectivity index (χ4n) is 4.36. The summed E-state index contributed by atoms with van der Waals surface area (Å²) in [5, 5.41) is 0. The first-order valence-corrected chi connectivity index (χ1v) is 15.4. The summed E-state index contributed by atoms with van der Waals surface area (Å²) >= 11 is 0. The zero-order valence-corrected chi connectivity index (χ0v) is 23.0. The summed E-state index contributed by atoms with van der Waals surface area (Å²) in [7, 11) is -4.16. The molecule has 1 unspecified atom stereocenters. The van der Waals surface area contributed by atoms with Gasteiger partial charge in [0.1, 0.15) is 13.2 Å². The minimum absolute atomic E-state index is 0.204. The molecule has 0 amide bonds. The summed E-state index contributed by atoms with van der Waals surface area (Å²) in [6.45, 7) is 12.8. The fraction of sp³-hybridized carbons (Fsp3) is 1.00. The smallest absolute Gasteiger partial charge is 0.268 e. The van der Waals surface area contributed by atoms with Crippen LogP contribution < -0.4 is 4.89 Å². The molecule has 0 aromatic rings. The molecule has 0 saturated carbocycles. The van der Waals surface area contributed by atoms with Crippen LogP contribution in [-0.2, 0) is 13.6 Å². The number of hydrogen-bond donors (Lipinski definition) is 0. The number of quaternary nitrogens is 1. The van der Waals surface area contributed by atoms with Gasteiger partial charge in [-0.3, -0.25) is 4.57 Å². The number of nitrogens with zero attached hydrogens (tertiary/aromatic N) is 1. The van der Waals surface area contributed by atoms with Crippen LogP contribution >= 0.6 is 7.82 Å². The van der Waals surface area contributed by atoms with Crippen LogP contribution in [0, 0.1) is 0 Å². The van der Waals surface area contributed by atoms with Crippen LogP contribution in [0.25, 0.3) is 0 Å². The van der Waals surface area contributed by atoms with E-state index in [1.54, 1.807) is 0 Å². The lowest BCUT2D eigenvalue weighted by molar-refractivity contribution is -0.923. The number of phosphoric ester groups is 1. The molecule has 194 valence electrons. The van der Waals surface area contributed by atoms with Gasteiger partial charge in [0.05, 0.1) is 26.2 Å². The molecule has 1 atom stereocenters. The van der Waals surface area contributed by atoms with E-state index < -0.39 is 7.82 Å². The highest BCUT2D eigenvalue weighted by molar-refractivity contribution is 7.45. The summed E-state index contributed by atoms with van der Waals surface area (Å²) in [5.74, 6) is 0. The van der Waals surface area contributed by atoms with Gasteiger partial charge in [0, 0.05) is 0 Å². The molecule has 0 aromatic carbocycles. The van der Waals surface area contributed by atoms with Crippen molar-refractivity contribution < 1.29 is 23.0 Å². The first kappa shape index (κ1) is 32.1. The van der Waals surface area contributed by atoms with Crippen molar-refractivity contribution in [2.24, 2.45) is 0 Å². The molecule has 0 aromatic heterocycles. The van der Waals surface area contributed by atoms with Crippen molar-refractivity contribution in [1.29, 1.82) is 0 Å². The van der Waals surface area contributed by atoms with Gasteiger partial charge in [-0.15, -0.1) is 0 Å². The highest BCUT2D eigenvalue weighted by atomic mass is 31.2. The van der Waals surface area contributed by atoms with Gasteiger partial charge in [-0.05, 0) is 27.2 Å². The molecule has 0 aliphatic carbocycles. The number of likely N-dealkylation sites (N-methyl/N-ethyl adjacent to an activating group) is 1. The monoisotopic (exact) mass is 477 g/mol. The SMILES string of the molecule is CCCCCCCCCCCCCCCCCCOP(=O)([O-])OCC[N+](CC)(CC)CC. The molecule has 0 aliphatic rings. The van der Waals surface area contributed by atoms with Crippen molar-refractivity contribution in [1.82, 2.24) is 0 Å². The molecule has 0 bridgehead atoms. The van der Waals surface area contributed by atoms with E-state index in [1.807, 2.05) is 0 Å². The van der Waals surface area contributed by atoms with Crippen LogP contribution in [0.1, 0.15) is 130 Å². The topological polar surface area (TPSA) is 58.6 Å². The van der Waals surface area contributed by atoms with Crippen molar-refractivity contribution in [3.63, 3.8) is 0 Å². The number of hydrogen-bond acceptors (Lipinski definition) is 4. The average molecular weight is 478 g/mol. The van der Waals surface area contributed by atoms with E-state index in [2.05, 4.69) is 27.7 Å². The largest absolute Gasteiger partial charge is 0.756 e. The second-order valence-corrected chi connectivity index (χ2v) is 10.8. The minimum Gasteiger partial charge on any atom is -0.756 e. The summed E-state index contributed by atoms with van der Waals surface area (Å²) in [6, 6.07) is 0. The maximum atomic E-state index is 11.9. The van der Waals surface area contributed by atoms with Gasteiger partial charge < -0.3 is 18.4 Å². The van der Waals surface area contributed by atoms with Crippen molar-refractivity contribution in [2.75, 3.05) is 39.4 Å². The van der Waals surface area contributed by atoms with Crippen LogP contribution in [0.5, 0.6) is 0 Å². The van der Waals surface area contributed by atoms with Gasteiger partial charge in [0.25, 0.3) is 7.82 Å². The van der Waals surface area contributed by atoms with Crippen LogP contribution in [-0.4, -0.2) is 43.9 Å². The van der Waals surface area contributed by atoms with E-state index in [0.717, 1.165) is 43.4 Å². The Morgan fingerprint density at radius 1 is 0.562 bits per heavy atom. The third kappa shape index (κ3) is 18.5. The molecule has 5 nitrogen and oxygen atoms in total. The predicted octanol–water partition coefficient (Wildman–Crippen LogP) is 7.63. The van der Waals surface area contributed by atoms with Crippen molar-refractivity contribution in [3.8, 4) is 0 Å². The van der Waals surface area contributed by atoms with Gasteiger partial charge >= 0.3 is 0 Å². The minimum atomic E-state index is -4.16. The summed E-state index contributed by atoms with van der Waals surface area (Å²) < 4.78 is 22.9. The van der Waals surface area contributed by atoms with Crippen LogP contribution in [0.3, 0.4) is 0 Å². The lowest BCUT2D eigenvalue weighted by atomic mass is 10.0. The Kier molecular flexibility index (Phi) is 21.6. The Labute approximate surface area is 200 Å². The number of phosphoric acid groups is 1. The van der Waals surface area contributed by atoms with E-state index in [-0.39, 0.29) is 13.2 Å². The van der Waals surface area contributed by atoms with Crippen molar-refractivity contribution in [2.45, 2.75) is 130 Å². The summed E-state index contributed by atoms with van der Waals surface area (Å²) in [6.07, 6.45) is 20.8. The zero-order chi connectivity index (χ0) is 24.0. The highest BCUT2D eigenvalue weighted by Gasteiger charge is 2.21. The van der Waals surface area contributed by atoms with Crippen molar-refractivity contribution in [3.05, 3.63) is 0 Å². The summed E-state index contributed by atoms with van der Waals surface area (Å²) in [5.41, 5.74) is 0. The standard InChI is InChI=1S/C26H56NO4P/c1-5-9-10-11-12-13-14-15-16-17-18-19-20-21-22-23-25-30-32(28,29)31-26-24-27(6-2,7-3)8-4/h5-26H2,1-4H3. The summed E-state index contributed by atoms with van der Waals surface area (Å²) in [4.78, 5) is 11.9. The second-order valence-electron chi connectivity index (χ2n) is 9.43. The molecule has 0 radical (unpaired) electrons. The Bertz CT molecular complexity index is 435. The average Bonchev–Trinajstić information content (AvgIpc) is 2.79. The molecular weight excluding hydrogens is 421 g/mol. The molecular formula is C26H56NO4P. The second kappa shape index (κ2) is 21.6. The third-order valence-corrected chi connectivity index (χ3v) is 8.07. The molecule has 0 heterocycles. The van der Waals surface area contributed by atoms with E-state index in [9.17, 15) is 9.46 Å². The lowest BCUT2D eigenvalue weighted by Crippen LogP contribution is -2.49. The van der Waals surface area contributed by atoms with E-state index in [4.69, 9.17) is 9.05 Å². The van der Waals surface area contributed by atoms with Gasteiger partial charge in [-0.25, -0.2) is 0 Å². The lowest BCUT2D eigenvalue weighted by Gasteiger charge is -2.36. The van der Waals surface area contributed by atoms with Crippen LogP contribution in [0.2, 0.25) is 0 Å². The quantitative estimate of drug-likeness (QED) is 0.0770. The van der Waals surface area contributed by atoms with E-state index in [1.165, 1.54) is 83.5 Å². The van der Waals surface area contributed by atoms with Crippen molar-refractivity contribution >= 4 is 7.82 Å². The fourth-order valence-corrected chi connectivity index (χ4v) is 5.09. The Balaban J connectivity index is 3.46. The van der Waals surface area contributed by atoms with E-state index in [0.29, 0.717) is 6.54 Å². The molecule has 0 fully saturated rings. The Morgan fingerprint density at radius 3 is 1.28 bits per heavy atom. The third-order valence-electron chi connectivity index (χ3n) is 7.07. The zero-order valence-electron chi connectivity index (χ0n) is 22.1. The normalized spacial score (nSPS) is 14.0. The van der Waals surface area contributed by atoms with Gasteiger partial charge in [-0.1, -0.05) is 103 Å². The number of rotatable bonds is 25. The van der Waals surface area contributed by atoms with E-state index >= 15 is 0 Å². The molecule has 6 heteroatoms. The van der Waals surface area contributed by atoms with Gasteiger partial charge in [-0.2, -0.15) is 0 Å². The Morgan fingerprint density at radius 2 is 0.906 bits per heavy atom. The first-order valence-electron chi connectivity index (χ1n) is 13.9. The van der Waals surface area contributed by atoms with Gasteiger partial charge in [0.2, 0.25) is 0 Å². The number of unbranched alkanes of at least 4 members (excludes halogenated alkanes) is 15. The first-order chi connectivity index (χ1) is 15.4. The van der Waals surface area contributed by atoms with Gasteiger partial charge in [0.15, 0.2) is 0 Å². The molecule has 0 N–H and O–H groups in total. The predicted molar refractivity (Wildman–Crippen MR) is 136 cm³/mol. The van der Waals surface area contributed by atoms with Crippen LogP contribution in [0.15, 0.2) is 0 Å². The molecule has 0 rings (SSSR count). The molecule has 0 spiro atoms.